The molecule has 8 nitrogen and oxygen atoms in total. The summed E-state index contributed by atoms with van der Waals surface area (Å²) in [6, 6.07) is 12.6. The van der Waals surface area contributed by atoms with Gasteiger partial charge >= 0.3 is 5.97 Å². The second-order valence-corrected chi connectivity index (χ2v) is 10.5. The molecule has 4 heterocycles. The van der Waals surface area contributed by atoms with Crippen molar-refractivity contribution >= 4 is 68.6 Å². The molecule has 2 amide bonds. The zero-order valence-electron chi connectivity index (χ0n) is 17.1. The molecule has 2 atom stereocenters. The number of fused-ring (bicyclic) bond motifs is 1. The molecule has 2 aliphatic heterocycles. The number of carbonyl (C=O) groups is 3. The van der Waals surface area contributed by atoms with Gasteiger partial charge in [-0.3, -0.25) is 14.5 Å². The van der Waals surface area contributed by atoms with Crippen LogP contribution in [0, 0.1) is 0 Å². The Morgan fingerprint density at radius 2 is 2.00 bits per heavy atom. The molecule has 2 unspecified atom stereocenters. The number of rotatable bonds is 7. The summed E-state index contributed by atoms with van der Waals surface area (Å²) in [5.74, 6) is -1.42. The Kier molecular flexibility index (Phi) is 5.92. The quantitative estimate of drug-likeness (QED) is 0.428. The number of anilines is 2. The fourth-order valence-corrected chi connectivity index (χ4v) is 6.76. The van der Waals surface area contributed by atoms with Crippen LogP contribution in [0.5, 0.6) is 0 Å². The Morgan fingerprint density at radius 3 is 2.73 bits per heavy atom. The van der Waals surface area contributed by atoms with Crippen LogP contribution in [0.3, 0.4) is 0 Å². The van der Waals surface area contributed by atoms with Crippen LogP contribution >= 0.6 is 34.4 Å². The maximum atomic E-state index is 12.9. The molecule has 2 aliphatic rings. The molecule has 3 aromatic rings. The Balaban J connectivity index is 1.33. The molecule has 3 N–H and O–H groups in total. The number of carbonyl (C=O) groups excluding carboxylic acids is 2. The molecule has 2 aromatic heterocycles. The van der Waals surface area contributed by atoms with E-state index >= 15 is 0 Å². The van der Waals surface area contributed by atoms with E-state index in [1.807, 2.05) is 47.8 Å². The predicted octanol–water partition coefficient (Wildman–Crippen LogP) is 3.39. The SMILES string of the molecule is O=C(Cc1cccs1)NC1C(=O)N2C(C(=O)O)=C(c3cnc(Nc4ccccc4)s3)CSC12. The molecule has 5 rings (SSSR count). The van der Waals surface area contributed by atoms with E-state index in [1.165, 1.54) is 39.3 Å². The van der Waals surface area contributed by atoms with E-state index < -0.39 is 23.3 Å². The summed E-state index contributed by atoms with van der Waals surface area (Å²) in [5.41, 5.74) is 1.39. The van der Waals surface area contributed by atoms with Gasteiger partial charge < -0.3 is 15.7 Å². The van der Waals surface area contributed by atoms with Crippen molar-refractivity contribution in [2.45, 2.75) is 17.8 Å². The molecule has 0 spiro atoms. The Morgan fingerprint density at radius 1 is 1.18 bits per heavy atom. The number of carboxylic acid groups (broad SMARTS) is 1. The minimum absolute atomic E-state index is 0.0394. The topological polar surface area (TPSA) is 112 Å². The van der Waals surface area contributed by atoms with E-state index in [1.54, 1.807) is 6.20 Å². The third-order valence-corrected chi connectivity index (χ3v) is 8.36. The molecule has 0 saturated carbocycles. The lowest BCUT2D eigenvalue weighted by atomic mass is 10.0. The van der Waals surface area contributed by atoms with Crippen LogP contribution in [0.2, 0.25) is 0 Å². The highest BCUT2D eigenvalue weighted by Gasteiger charge is 2.54. The lowest BCUT2D eigenvalue weighted by molar-refractivity contribution is -0.150. The van der Waals surface area contributed by atoms with Crippen LogP contribution in [-0.2, 0) is 20.8 Å². The molecule has 0 bridgehead atoms. The lowest BCUT2D eigenvalue weighted by Crippen LogP contribution is -2.70. The minimum atomic E-state index is -1.17. The monoisotopic (exact) mass is 498 g/mol. The van der Waals surface area contributed by atoms with Crippen molar-refractivity contribution in [2.75, 3.05) is 11.1 Å². The zero-order valence-corrected chi connectivity index (χ0v) is 19.5. The smallest absolute Gasteiger partial charge is 0.353 e. The highest BCUT2D eigenvalue weighted by Crippen LogP contribution is 2.44. The summed E-state index contributed by atoms with van der Waals surface area (Å²) in [6.07, 6.45) is 1.82. The number of thioether (sulfide) groups is 1. The summed E-state index contributed by atoms with van der Waals surface area (Å²) in [6.45, 7) is 0. The average molecular weight is 499 g/mol. The van der Waals surface area contributed by atoms with E-state index in [9.17, 15) is 19.5 Å². The van der Waals surface area contributed by atoms with Gasteiger partial charge in [-0.15, -0.1) is 23.1 Å². The molecule has 1 aromatic carbocycles. The van der Waals surface area contributed by atoms with Gasteiger partial charge in [0, 0.05) is 28.1 Å². The fraction of sp³-hybridized carbons (Fsp3) is 0.182. The van der Waals surface area contributed by atoms with Gasteiger partial charge in [0.25, 0.3) is 5.91 Å². The van der Waals surface area contributed by atoms with Crippen LogP contribution in [0.15, 0.2) is 59.7 Å². The van der Waals surface area contributed by atoms with Gasteiger partial charge in [-0.1, -0.05) is 35.6 Å². The standard InChI is InChI=1S/C22H18N4O4S3/c27-16(9-13-7-4-8-31-13)25-17-19(28)26-18(21(29)30)14(11-32-20(17)26)15-10-23-22(33-15)24-12-5-2-1-3-6-12/h1-8,10,17,20H,9,11H2,(H,23,24)(H,25,27)(H,29,30). The van der Waals surface area contributed by atoms with Gasteiger partial charge in [0.15, 0.2) is 5.13 Å². The summed E-state index contributed by atoms with van der Waals surface area (Å²) in [4.78, 5) is 44.6. The minimum Gasteiger partial charge on any atom is -0.477 e. The number of hydrogen-bond acceptors (Lipinski definition) is 8. The van der Waals surface area contributed by atoms with Gasteiger partial charge in [0.2, 0.25) is 5.91 Å². The number of thiophene rings is 1. The number of thiazole rings is 1. The molecule has 1 saturated heterocycles. The van der Waals surface area contributed by atoms with Crippen LogP contribution in [-0.4, -0.2) is 49.9 Å². The molecule has 33 heavy (non-hydrogen) atoms. The summed E-state index contributed by atoms with van der Waals surface area (Å²) in [7, 11) is 0. The highest BCUT2D eigenvalue weighted by molar-refractivity contribution is 8.00. The fourth-order valence-electron chi connectivity index (χ4n) is 3.72. The molecular weight excluding hydrogens is 480 g/mol. The number of nitrogens with one attached hydrogen (secondary N) is 2. The third-order valence-electron chi connectivity index (χ3n) is 5.23. The number of aliphatic carboxylic acids is 1. The van der Waals surface area contributed by atoms with Crippen molar-refractivity contribution in [3.8, 4) is 0 Å². The first-order valence-electron chi connectivity index (χ1n) is 10.0. The summed E-state index contributed by atoms with van der Waals surface area (Å²) < 4.78 is 0. The first kappa shape index (κ1) is 21.7. The van der Waals surface area contributed by atoms with Gasteiger partial charge in [-0.05, 0) is 23.6 Å². The van der Waals surface area contributed by atoms with Crippen molar-refractivity contribution in [3.05, 3.63) is 69.5 Å². The average Bonchev–Trinajstić information content (AvgIpc) is 3.49. The van der Waals surface area contributed by atoms with Crippen LogP contribution < -0.4 is 10.6 Å². The van der Waals surface area contributed by atoms with Crippen molar-refractivity contribution in [3.63, 3.8) is 0 Å². The van der Waals surface area contributed by atoms with E-state index in [2.05, 4.69) is 15.6 Å². The number of carboxylic acids is 1. The second kappa shape index (κ2) is 9.00. The number of aromatic nitrogens is 1. The molecule has 1 fully saturated rings. The van der Waals surface area contributed by atoms with E-state index in [4.69, 9.17) is 0 Å². The van der Waals surface area contributed by atoms with Crippen molar-refractivity contribution in [2.24, 2.45) is 0 Å². The summed E-state index contributed by atoms with van der Waals surface area (Å²) >= 11 is 4.25. The maximum absolute atomic E-state index is 12.9. The Bertz CT molecular complexity index is 1240. The van der Waals surface area contributed by atoms with E-state index in [-0.39, 0.29) is 18.0 Å². The van der Waals surface area contributed by atoms with E-state index in [0.29, 0.717) is 21.3 Å². The van der Waals surface area contributed by atoms with Gasteiger partial charge in [0.1, 0.15) is 17.1 Å². The number of para-hydroxylation sites is 1. The summed E-state index contributed by atoms with van der Waals surface area (Å²) in [5, 5.41) is 18.0. The van der Waals surface area contributed by atoms with Gasteiger partial charge in [-0.25, -0.2) is 9.78 Å². The Hall–Kier alpha value is -3.15. The molecule has 11 heteroatoms. The van der Waals surface area contributed by atoms with Crippen molar-refractivity contribution < 1.29 is 19.5 Å². The first-order chi connectivity index (χ1) is 16.0. The zero-order chi connectivity index (χ0) is 22.9. The normalized spacial score (nSPS) is 19.6. The number of hydrogen-bond donors (Lipinski definition) is 3. The molecule has 168 valence electrons. The van der Waals surface area contributed by atoms with Crippen LogP contribution in [0.1, 0.15) is 9.75 Å². The number of β-lactam (4-membered cyclic amide) rings is 1. The molecule has 0 radical (unpaired) electrons. The van der Waals surface area contributed by atoms with Crippen LogP contribution in [0.4, 0.5) is 10.8 Å². The molecule has 0 aliphatic carbocycles. The Labute approximate surface area is 201 Å². The largest absolute Gasteiger partial charge is 0.477 e. The first-order valence-corrected chi connectivity index (χ1v) is 12.8. The van der Waals surface area contributed by atoms with Crippen molar-refractivity contribution in [1.29, 1.82) is 0 Å². The number of nitrogens with zero attached hydrogens (tertiary/aromatic N) is 2. The van der Waals surface area contributed by atoms with Crippen molar-refractivity contribution in [1.82, 2.24) is 15.2 Å². The van der Waals surface area contributed by atoms with Gasteiger partial charge in [0.05, 0.1) is 11.3 Å². The number of benzene rings is 1. The molecular formula is C22H18N4O4S3. The predicted molar refractivity (Wildman–Crippen MR) is 129 cm³/mol. The van der Waals surface area contributed by atoms with Crippen LogP contribution in [0.25, 0.3) is 5.57 Å². The second-order valence-electron chi connectivity index (χ2n) is 7.36. The van der Waals surface area contributed by atoms with E-state index in [0.717, 1.165) is 10.6 Å². The number of amides is 2. The van der Waals surface area contributed by atoms with Gasteiger partial charge in [-0.2, -0.15) is 0 Å². The lowest BCUT2D eigenvalue weighted by Gasteiger charge is -2.49. The third kappa shape index (κ3) is 4.26. The maximum Gasteiger partial charge on any atom is 0.353 e. The highest BCUT2D eigenvalue weighted by atomic mass is 32.2.